The first-order valence-electron chi connectivity index (χ1n) is 12.9. The molecule has 4 aliphatic rings. The van der Waals surface area contributed by atoms with E-state index in [0.717, 1.165) is 54.8 Å². The second kappa shape index (κ2) is 7.83. The molecular weight excluding hydrogens is 352 g/mol. The average Bonchev–Trinajstić information content (AvgIpc) is 3.03. The van der Waals surface area contributed by atoms with Crippen LogP contribution in [0, 0.1) is 52.3 Å². The Morgan fingerprint density at radius 1 is 0.966 bits per heavy atom. The molecule has 4 aliphatic carbocycles. The Morgan fingerprint density at radius 3 is 2.41 bits per heavy atom. The molecule has 0 heterocycles. The fourth-order valence-corrected chi connectivity index (χ4v) is 8.34. The molecule has 0 aliphatic heterocycles. The molecule has 1 nitrogen and oxygen atoms in total. The van der Waals surface area contributed by atoms with Gasteiger partial charge in [0.25, 0.3) is 0 Å². The third-order valence-corrected chi connectivity index (χ3v) is 10.9. The molecule has 0 radical (unpaired) electrons. The number of hydrogen-bond donors (Lipinski definition) is 0. The maximum atomic E-state index is 12.1. The fourth-order valence-electron chi connectivity index (χ4n) is 8.34. The summed E-state index contributed by atoms with van der Waals surface area (Å²) in [5.74, 6) is 6.17. The minimum atomic E-state index is 0.399. The molecule has 0 spiro atoms. The van der Waals surface area contributed by atoms with Crippen LogP contribution in [0.25, 0.3) is 0 Å². The van der Waals surface area contributed by atoms with Gasteiger partial charge in [0.2, 0.25) is 0 Å². The second-order valence-electron chi connectivity index (χ2n) is 12.5. The Balaban J connectivity index is 1.50. The van der Waals surface area contributed by atoms with Gasteiger partial charge in [0.15, 0.2) is 0 Å². The van der Waals surface area contributed by atoms with E-state index < -0.39 is 0 Å². The molecule has 0 saturated heterocycles. The Morgan fingerprint density at radius 2 is 1.69 bits per heavy atom. The van der Waals surface area contributed by atoms with E-state index in [1.807, 2.05) is 5.57 Å². The van der Waals surface area contributed by atoms with Gasteiger partial charge in [-0.25, -0.2) is 0 Å². The predicted molar refractivity (Wildman–Crippen MR) is 123 cm³/mol. The van der Waals surface area contributed by atoms with Crippen molar-refractivity contribution < 1.29 is 4.79 Å². The van der Waals surface area contributed by atoms with Crippen molar-refractivity contribution in [2.75, 3.05) is 0 Å². The summed E-state index contributed by atoms with van der Waals surface area (Å²) in [6, 6.07) is 0. The maximum absolute atomic E-state index is 12.1. The topological polar surface area (TPSA) is 17.1 Å². The molecule has 1 heteroatoms. The molecular formula is C28H46O. The second-order valence-corrected chi connectivity index (χ2v) is 12.5. The highest BCUT2D eigenvalue weighted by atomic mass is 16.1. The zero-order valence-electron chi connectivity index (χ0n) is 20.1. The highest BCUT2D eigenvalue weighted by Crippen LogP contribution is 2.66. The maximum Gasteiger partial charge on any atom is 0.133 e. The molecule has 29 heavy (non-hydrogen) atoms. The SMILES string of the molecule is CC(C)C(C)CCC(C)C1CCC2C3=CCC4CC(=O)CCC4(C)C3CCC21C. The van der Waals surface area contributed by atoms with E-state index in [9.17, 15) is 4.79 Å². The van der Waals surface area contributed by atoms with E-state index in [1.165, 1.54) is 44.9 Å². The summed E-state index contributed by atoms with van der Waals surface area (Å²) in [6.07, 6.45) is 15.1. The first-order chi connectivity index (χ1) is 13.7. The van der Waals surface area contributed by atoms with Crippen LogP contribution >= 0.6 is 0 Å². The minimum absolute atomic E-state index is 0.399. The normalized spacial score (nSPS) is 44.0. The third-order valence-electron chi connectivity index (χ3n) is 10.9. The van der Waals surface area contributed by atoms with E-state index in [4.69, 9.17) is 0 Å². The highest BCUT2D eigenvalue weighted by molar-refractivity contribution is 5.79. The summed E-state index contributed by atoms with van der Waals surface area (Å²) in [6.45, 7) is 15.0. The molecule has 8 atom stereocenters. The molecule has 0 amide bonds. The van der Waals surface area contributed by atoms with Crippen LogP contribution in [-0.2, 0) is 4.79 Å². The average molecular weight is 399 g/mol. The van der Waals surface area contributed by atoms with E-state index in [0.29, 0.717) is 22.5 Å². The molecule has 0 N–H and O–H groups in total. The van der Waals surface area contributed by atoms with Crippen molar-refractivity contribution in [1.82, 2.24) is 0 Å². The summed E-state index contributed by atoms with van der Waals surface area (Å²) in [5, 5.41) is 0. The van der Waals surface area contributed by atoms with Gasteiger partial charge in [0, 0.05) is 12.8 Å². The van der Waals surface area contributed by atoms with E-state index in [2.05, 4.69) is 47.6 Å². The zero-order valence-corrected chi connectivity index (χ0v) is 20.1. The molecule has 3 saturated carbocycles. The quantitative estimate of drug-likeness (QED) is 0.431. The Hall–Kier alpha value is -0.590. The van der Waals surface area contributed by atoms with Gasteiger partial charge in [-0.3, -0.25) is 4.79 Å². The van der Waals surface area contributed by atoms with Crippen molar-refractivity contribution in [3.8, 4) is 0 Å². The first kappa shape index (κ1) is 21.6. The summed E-state index contributed by atoms with van der Waals surface area (Å²) >= 11 is 0. The van der Waals surface area contributed by atoms with Crippen LogP contribution in [0.2, 0.25) is 0 Å². The Kier molecular flexibility index (Phi) is 5.84. The van der Waals surface area contributed by atoms with Gasteiger partial charge in [-0.1, -0.05) is 66.0 Å². The number of Topliss-reactive ketones (excluding diaryl/α,β-unsaturated/α-hetero) is 1. The van der Waals surface area contributed by atoms with Gasteiger partial charge in [0.05, 0.1) is 0 Å². The molecule has 0 aromatic carbocycles. The van der Waals surface area contributed by atoms with Crippen molar-refractivity contribution in [1.29, 1.82) is 0 Å². The minimum Gasteiger partial charge on any atom is -0.300 e. The van der Waals surface area contributed by atoms with Gasteiger partial charge < -0.3 is 0 Å². The lowest BCUT2D eigenvalue weighted by Gasteiger charge is -2.57. The Bertz CT molecular complexity index is 659. The highest BCUT2D eigenvalue weighted by Gasteiger charge is 2.58. The smallest absolute Gasteiger partial charge is 0.133 e. The van der Waals surface area contributed by atoms with Gasteiger partial charge in [-0.15, -0.1) is 0 Å². The van der Waals surface area contributed by atoms with Gasteiger partial charge in [-0.2, -0.15) is 0 Å². The number of rotatable bonds is 5. The molecule has 0 bridgehead atoms. The number of carbonyl (C=O) groups excluding carboxylic acids is 1. The van der Waals surface area contributed by atoms with E-state index in [-0.39, 0.29) is 0 Å². The number of fused-ring (bicyclic) bond motifs is 5. The first-order valence-corrected chi connectivity index (χ1v) is 12.9. The van der Waals surface area contributed by atoms with Crippen LogP contribution < -0.4 is 0 Å². The van der Waals surface area contributed by atoms with Crippen molar-refractivity contribution >= 4 is 5.78 Å². The number of ketones is 1. The fraction of sp³-hybridized carbons (Fsp3) is 0.893. The molecule has 3 fully saturated rings. The largest absolute Gasteiger partial charge is 0.300 e. The van der Waals surface area contributed by atoms with Crippen molar-refractivity contribution in [2.45, 2.75) is 106 Å². The summed E-state index contributed by atoms with van der Waals surface area (Å²) < 4.78 is 0. The molecule has 164 valence electrons. The molecule has 0 aromatic rings. The lowest BCUT2D eigenvalue weighted by atomic mass is 9.47. The van der Waals surface area contributed by atoms with Crippen LogP contribution in [0.1, 0.15) is 106 Å². The van der Waals surface area contributed by atoms with Crippen LogP contribution in [0.5, 0.6) is 0 Å². The zero-order chi connectivity index (χ0) is 21.0. The summed E-state index contributed by atoms with van der Waals surface area (Å²) in [7, 11) is 0. The number of carbonyl (C=O) groups is 1. The molecule has 4 rings (SSSR count). The van der Waals surface area contributed by atoms with E-state index >= 15 is 0 Å². The number of allylic oxidation sites excluding steroid dienone is 2. The summed E-state index contributed by atoms with van der Waals surface area (Å²) in [5.41, 5.74) is 2.77. The predicted octanol–water partition coefficient (Wildman–Crippen LogP) is 7.84. The van der Waals surface area contributed by atoms with Crippen LogP contribution in [0.3, 0.4) is 0 Å². The third kappa shape index (κ3) is 3.57. The monoisotopic (exact) mass is 398 g/mol. The standard InChI is InChI=1S/C28H46O/c1-18(2)19(3)7-8-20(4)24-11-12-25-23-10-9-21-17-22(29)13-15-27(21,5)26(23)14-16-28(24,25)6/h10,18-21,24-26H,7-9,11-17H2,1-6H3. The molecule has 0 aromatic heterocycles. The number of hydrogen-bond acceptors (Lipinski definition) is 1. The Labute approximate surface area is 180 Å². The lowest BCUT2D eigenvalue weighted by molar-refractivity contribution is -0.127. The van der Waals surface area contributed by atoms with Gasteiger partial charge in [-0.05, 0) is 90.8 Å². The van der Waals surface area contributed by atoms with Crippen molar-refractivity contribution in [3.05, 3.63) is 11.6 Å². The van der Waals surface area contributed by atoms with Crippen LogP contribution in [0.15, 0.2) is 11.6 Å². The van der Waals surface area contributed by atoms with Gasteiger partial charge in [0.1, 0.15) is 5.78 Å². The molecule has 8 unspecified atom stereocenters. The lowest BCUT2D eigenvalue weighted by Crippen LogP contribution is -2.49. The van der Waals surface area contributed by atoms with Crippen LogP contribution in [0.4, 0.5) is 0 Å². The van der Waals surface area contributed by atoms with E-state index in [1.54, 1.807) is 0 Å². The van der Waals surface area contributed by atoms with Gasteiger partial charge >= 0.3 is 0 Å². The van der Waals surface area contributed by atoms with Crippen molar-refractivity contribution in [3.63, 3.8) is 0 Å². The van der Waals surface area contributed by atoms with Crippen LogP contribution in [-0.4, -0.2) is 5.78 Å². The van der Waals surface area contributed by atoms with Crippen molar-refractivity contribution in [2.24, 2.45) is 52.3 Å². The summed E-state index contributed by atoms with van der Waals surface area (Å²) in [4.78, 5) is 12.1.